The number of aliphatic imine (C=N–C) groups is 1. The second-order valence-electron chi connectivity index (χ2n) is 8.18. The van der Waals surface area contributed by atoms with Crippen molar-refractivity contribution >= 4 is 35.6 Å². The average Bonchev–Trinajstić information content (AvgIpc) is 3.27. The first kappa shape index (κ1) is 26.0. The van der Waals surface area contributed by atoms with Crippen LogP contribution < -0.4 is 20.3 Å². The van der Waals surface area contributed by atoms with Crippen molar-refractivity contribution in [3.63, 3.8) is 0 Å². The molecule has 31 heavy (non-hydrogen) atoms. The van der Waals surface area contributed by atoms with Gasteiger partial charge in [0.25, 0.3) is 0 Å². The number of nitrogens with zero attached hydrogens (tertiary/aromatic N) is 4. The van der Waals surface area contributed by atoms with Gasteiger partial charge < -0.3 is 20.3 Å². The number of guanidine groups is 1. The number of likely N-dealkylation sites (N-methyl/N-ethyl adjacent to an activating group) is 1. The minimum atomic E-state index is 0. The second kappa shape index (κ2) is 14.0. The van der Waals surface area contributed by atoms with E-state index in [-0.39, 0.29) is 24.0 Å². The SMILES string of the molecule is CCN1CCCC1CNC(=NC)NCCCN1CCN(c2ccc(OC)cc2)CC1.I. The molecule has 8 heteroatoms. The van der Waals surface area contributed by atoms with Gasteiger partial charge in [0.15, 0.2) is 5.96 Å². The van der Waals surface area contributed by atoms with Crippen molar-refractivity contribution in [3.8, 4) is 5.75 Å². The summed E-state index contributed by atoms with van der Waals surface area (Å²) < 4.78 is 5.26. The molecule has 2 fully saturated rings. The van der Waals surface area contributed by atoms with Crippen LogP contribution in [0.5, 0.6) is 5.75 Å². The number of halogens is 1. The molecule has 0 bridgehead atoms. The van der Waals surface area contributed by atoms with Crippen LogP contribution in [0.3, 0.4) is 0 Å². The lowest BCUT2D eigenvalue weighted by atomic mass is 10.2. The fourth-order valence-electron chi connectivity index (χ4n) is 4.51. The van der Waals surface area contributed by atoms with Crippen LogP contribution in [0.2, 0.25) is 0 Å². The van der Waals surface area contributed by atoms with E-state index in [9.17, 15) is 0 Å². The molecule has 7 nitrogen and oxygen atoms in total. The Labute approximate surface area is 205 Å². The first-order chi connectivity index (χ1) is 14.7. The van der Waals surface area contributed by atoms with E-state index in [2.05, 4.69) is 49.4 Å². The van der Waals surface area contributed by atoms with E-state index < -0.39 is 0 Å². The molecule has 2 heterocycles. The molecule has 1 aromatic rings. The summed E-state index contributed by atoms with van der Waals surface area (Å²) in [6, 6.07) is 9.04. The number of benzene rings is 1. The zero-order chi connectivity index (χ0) is 21.2. The zero-order valence-electron chi connectivity index (χ0n) is 19.5. The summed E-state index contributed by atoms with van der Waals surface area (Å²) in [4.78, 5) is 12.0. The highest BCUT2D eigenvalue weighted by molar-refractivity contribution is 14.0. The Morgan fingerprint density at radius 3 is 2.48 bits per heavy atom. The number of hydrogen-bond donors (Lipinski definition) is 2. The van der Waals surface area contributed by atoms with E-state index in [0.29, 0.717) is 6.04 Å². The number of rotatable bonds is 9. The van der Waals surface area contributed by atoms with Crippen molar-refractivity contribution < 1.29 is 4.74 Å². The van der Waals surface area contributed by atoms with Crippen LogP contribution in [-0.2, 0) is 0 Å². The highest BCUT2D eigenvalue weighted by Crippen LogP contribution is 2.20. The van der Waals surface area contributed by atoms with E-state index in [1.807, 2.05) is 19.2 Å². The van der Waals surface area contributed by atoms with Crippen LogP contribution in [0.15, 0.2) is 29.3 Å². The van der Waals surface area contributed by atoms with Gasteiger partial charge in [0.1, 0.15) is 5.75 Å². The van der Waals surface area contributed by atoms with Gasteiger partial charge in [0.2, 0.25) is 0 Å². The van der Waals surface area contributed by atoms with Crippen LogP contribution in [0.1, 0.15) is 26.2 Å². The smallest absolute Gasteiger partial charge is 0.191 e. The molecule has 0 aromatic heterocycles. The minimum absolute atomic E-state index is 0. The standard InChI is InChI=1S/C23H40N6O.HI/c1-4-28-14-5-7-21(28)19-26-23(24-2)25-12-6-13-27-15-17-29(18-16-27)20-8-10-22(30-3)11-9-20;/h8-11,21H,4-7,12-19H2,1-3H3,(H2,24,25,26);1H. The maximum Gasteiger partial charge on any atom is 0.191 e. The van der Waals surface area contributed by atoms with Crippen LogP contribution in [-0.4, -0.2) is 94.9 Å². The highest BCUT2D eigenvalue weighted by Gasteiger charge is 2.22. The zero-order valence-corrected chi connectivity index (χ0v) is 21.8. The van der Waals surface area contributed by atoms with Crippen molar-refractivity contribution in [1.29, 1.82) is 0 Å². The average molecular weight is 545 g/mol. The lowest BCUT2D eigenvalue weighted by Gasteiger charge is -2.36. The third-order valence-electron chi connectivity index (χ3n) is 6.39. The summed E-state index contributed by atoms with van der Waals surface area (Å²) in [5, 5.41) is 7.00. The molecule has 1 aromatic carbocycles. The fourth-order valence-corrected chi connectivity index (χ4v) is 4.51. The van der Waals surface area contributed by atoms with Crippen molar-refractivity contribution in [1.82, 2.24) is 20.4 Å². The summed E-state index contributed by atoms with van der Waals surface area (Å²) >= 11 is 0. The van der Waals surface area contributed by atoms with Crippen molar-refractivity contribution in [3.05, 3.63) is 24.3 Å². The summed E-state index contributed by atoms with van der Waals surface area (Å²) in [6.45, 7) is 12.1. The lowest BCUT2D eigenvalue weighted by molar-refractivity contribution is 0.255. The summed E-state index contributed by atoms with van der Waals surface area (Å²) in [6.07, 6.45) is 3.74. The Hall–Kier alpha value is -1.26. The highest BCUT2D eigenvalue weighted by atomic mass is 127. The maximum absolute atomic E-state index is 5.26. The Morgan fingerprint density at radius 1 is 1.10 bits per heavy atom. The van der Waals surface area contributed by atoms with Crippen molar-refractivity contribution in [2.45, 2.75) is 32.2 Å². The molecule has 176 valence electrons. The molecule has 1 unspecified atom stereocenters. The number of nitrogens with one attached hydrogen (secondary N) is 2. The predicted octanol–water partition coefficient (Wildman–Crippen LogP) is 2.47. The van der Waals surface area contributed by atoms with E-state index in [1.165, 1.54) is 25.1 Å². The van der Waals surface area contributed by atoms with Gasteiger partial charge in [-0.15, -0.1) is 24.0 Å². The van der Waals surface area contributed by atoms with Crippen molar-refractivity contribution in [2.24, 2.45) is 4.99 Å². The van der Waals surface area contributed by atoms with Gasteiger partial charge in [-0.25, -0.2) is 0 Å². The lowest BCUT2D eigenvalue weighted by Crippen LogP contribution is -2.47. The van der Waals surface area contributed by atoms with E-state index in [0.717, 1.165) is 70.5 Å². The molecular weight excluding hydrogens is 503 g/mol. The minimum Gasteiger partial charge on any atom is -0.497 e. The predicted molar refractivity (Wildman–Crippen MR) is 141 cm³/mol. The number of piperazine rings is 1. The molecular formula is C23H41IN6O. The number of ether oxygens (including phenoxy) is 1. The normalized spacial score (nSPS) is 20.4. The van der Waals surface area contributed by atoms with Gasteiger partial charge in [-0.05, 0) is 63.2 Å². The number of methoxy groups -OCH3 is 1. The number of hydrogen-bond acceptors (Lipinski definition) is 5. The molecule has 0 amide bonds. The van der Waals surface area contributed by atoms with Gasteiger partial charge in [0, 0.05) is 58.0 Å². The second-order valence-corrected chi connectivity index (χ2v) is 8.18. The van der Waals surface area contributed by atoms with Gasteiger partial charge >= 0.3 is 0 Å². The number of anilines is 1. The first-order valence-electron chi connectivity index (χ1n) is 11.5. The third kappa shape index (κ3) is 7.98. The molecule has 0 saturated carbocycles. The largest absolute Gasteiger partial charge is 0.497 e. The molecule has 2 aliphatic heterocycles. The van der Waals surface area contributed by atoms with Crippen LogP contribution in [0, 0.1) is 0 Å². The van der Waals surface area contributed by atoms with E-state index in [1.54, 1.807) is 7.11 Å². The Morgan fingerprint density at radius 2 is 1.84 bits per heavy atom. The molecule has 0 spiro atoms. The van der Waals surface area contributed by atoms with E-state index in [4.69, 9.17) is 4.74 Å². The van der Waals surface area contributed by atoms with Crippen LogP contribution >= 0.6 is 24.0 Å². The Bertz CT molecular complexity index is 648. The number of likely N-dealkylation sites (tertiary alicyclic amines) is 1. The van der Waals surface area contributed by atoms with Crippen molar-refractivity contribution in [2.75, 3.05) is 78.0 Å². The monoisotopic (exact) mass is 544 g/mol. The molecule has 0 aliphatic carbocycles. The maximum atomic E-state index is 5.26. The summed E-state index contributed by atoms with van der Waals surface area (Å²) in [5.41, 5.74) is 1.29. The van der Waals surface area contributed by atoms with Crippen LogP contribution in [0.4, 0.5) is 5.69 Å². The fraction of sp³-hybridized carbons (Fsp3) is 0.696. The molecule has 1 atom stereocenters. The first-order valence-corrected chi connectivity index (χ1v) is 11.5. The molecule has 2 aliphatic rings. The van der Waals surface area contributed by atoms with E-state index >= 15 is 0 Å². The van der Waals surface area contributed by atoms with Crippen LogP contribution in [0.25, 0.3) is 0 Å². The van der Waals surface area contributed by atoms with Gasteiger partial charge in [-0.1, -0.05) is 6.92 Å². The van der Waals surface area contributed by atoms with Gasteiger partial charge in [-0.2, -0.15) is 0 Å². The summed E-state index contributed by atoms with van der Waals surface area (Å²) in [5.74, 6) is 1.85. The molecule has 0 radical (unpaired) electrons. The molecule has 2 saturated heterocycles. The molecule has 2 N–H and O–H groups in total. The quantitative estimate of drug-likeness (QED) is 0.216. The van der Waals surface area contributed by atoms with Gasteiger partial charge in [-0.3, -0.25) is 14.8 Å². The molecule has 3 rings (SSSR count). The Kier molecular flexibility index (Phi) is 11.7. The Balaban J connectivity index is 0.00000341. The topological polar surface area (TPSA) is 55.4 Å². The third-order valence-corrected chi connectivity index (χ3v) is 6.39. The van der Waals surface area contributed by atoms with Gasteiger partial charge in [0.05, 0.1) is 7.11 Å². The summed E-state index contributed by atoms with van der Waals surface area (Å²) in [7, 11) is 3.57.